The van der Waals surface area contributed by atoms with E-state index in [9.17, 15) is 13.2 Å². The fraction of sp³-hybridized carbons (Fsp3) is 0.824. The average Bonchev–Trinajstić information content (AvgIpc) is 2.50. The van der Waals surface area contributed by atoms with E-state index < -0.39 is 10.1 Å². The molecular formula is C17H30O5S. The van der Waals surface area contributed by atoms with Gasteiger partial charge in [0, 0.05) is 6.42 Å². The average molecular weight is 346 g/mol. The van der Waals surface area contributed by atoms with E-state index in [4.69, 9.17) is 4.18 Å². The van der Waals surface area contributed by atoms with Crippen LogP contribution >= 0.6 is 0 Å². The normalized spacial score (nSPS) is 18.2. The minimum atomic E-state index is -3.36. The van der Waals surface area contributed by atoms with Gasteiger partial charge in [0.2, 0.25) is 0 Å². The van der Waals surface area contributed by atoms with Gasteiger partial charge in [-0.15, -0.1) is 0 Å². The summed E-state index contributed by atoms with van der Waals surface area (Å²) in [6.07, 6.45) is 15.2. The Morgan fingerprint density at radius 2 is 1.87 bits per heavy atom. The van der Waals surface area contributed by atoms with Crippen LogP contribution < -0.4 is 0 Å². The van der Waals surface area contributed by atoms with Gasteiger partial charge < -0.3 is 4.74 Å². The maximum atomic E-state index is 11.1. The third kappa shape index (κ3) is 9.11. The molecule has 0 N–H and O–H groups in total. The van der Waals surface area contributed by atoms with E-state index >= 15 is 0 Å². The Hall–Kier alpha value is -0.880. The monoisotopic (exact) mass is 346 g/mol. The summed E-state index contributed by atoms with van der Waals surface area (Å²) in [5, 5.41) is 0. The van der Waals surface area contributed by atoms with Gasteiger partial charge in [-0.3, -0.25) is 8.98 Å². The number of carbonyl (C=O) groups excluding carboxylic acids is 1. The minimum absolute atomic E-state index is 0.167. The van der Waals surface area contributed by atoms with Gasteiger partial charge in [0.05, 0.1) is 20.0 Å². The van der Waals surface area contributed by atoms with Crippen LogP contribution in [0, 0.1) is 5.41 Å². The van der Waals surface area contributed by atoms with Crippen LogP contribution in [0.4, 0.5) is 0 Å². The molecule has 0 aromatic carbocycles. The van der Waals surface area contributed by atoms with Crippen LogP contribution in [0.15, 0.2) is 12.2 Å². The van der Waals surface area contributed by atoms with E-state index in [0.29, 0.717) is 6.42 Å². The lowest BCUT2D eigenvalue weighted by Gasteiger charge is -2.36. The number of ether oxygens (including phenoxy) is 1. The molecular weight excluding hydrogens is 316 g/mol. The Morgan fingerprint density at radius 1 is 1.17 bits per heavy atom. The van der Waals surface area contributed by atoms with Crippen LogP contribution in [-0.2, 0) is 23.8 Å². The van der Waals surface area contributed by atoms with Gasteiger partial charge in [-0.2, -0.15) is 8.42 Å². The molecule has 0 spiro atoms. The highest BCUT2D eigenvalue weighted by atomic mass is 32.2. The standard InChI is InChI=1S/C17H30O5S/c1-21-16(18)10-6-3-4-7-11-17(12-8-5-9-13-17)14-15-22-23(2,19)20/h4,7H,3,5-6,8-15H2,1-2H3. The highest BCUT2D eigenvalue weighted by molar-refractivity contribution is 7.85. The van der Waals surface area contributed by atoms with Gasteiger partial charge in [-0.1, -0.05) is 31.4 Å². The summed E-state index contributed by atoms with van der Waals surface area (Å²) in [5.41, 5.74) is 0.168. The van der Waals surface area contributed by atoms with Crippen LogP contribution in [0.25, 0.3) is 0 Å². The predicted molar refractivity (Wildman–Crippen MR) is 90.6 cm³/mol. The van der Waals surface area contributed by atoms with E-state index in [1.165, 1.54) is 26.4 Å². The maximum absolute atomic E-state index is 11.1. The third-order valence-corrected chi connectivity index (χ3v) is 5.14. The molecule has 6 heteroatoms. The molecule has 0 amide bonds. The first kappa shape index (κ1) is 20.2. The Kier molecular flexibility index (Phi) is 8.84. The van der Waals surface area contributed by atoms with Crippen molar-refractivity contribution in [3.05, 3.63) is 12.2 Å². The van der Waals surface area contributed by atoms with Gasteiger partial charge in [-0.25, -0.2) is 0 Å². The highest BCUT2D eigenvalue weighted by Crippen LogP contribution is 2.42. The summed E-state index contributed by atoms with van der Waals surface area (Å²) in [6, 6.07) is 0. The molecule has 1 fully saturated rings. The van der Waals surface area contributed by atoms with E-state index in [1.54, 1.807) is 0 Å². The van der Waals surface area contributed by atoms with Crippen molar-refractivity contribution < 1.29 is 22.1 Å². The highest BCUT2D eigenvalue weighted by Gasteiger charge is 2.30. The molecule has 23 heavy (non-hydrogen) atoms. The largest absolute Gasteiger partial charge is 0.469 e. The van der Waals surface area contributed by atoms with Crippen molar-refractivity contribution >= 4 is 16.1 Å². The lowest BCUT2D eigenvalue weighted by molar-refractivity contribution is -0.140. The molecule has 1 aliphatic rings. The Morgan fingerprint density at radius 3 is 2.48 bits per heavy atom. The number of unbranched alkanes of at least 4 members (excludes halogenated alkanes) is 1. The lowest BCUT2D eigenvalue weighted by Crippen LogP contribution is -2.26. The summed E-state index contributed by atoms with van der Waals surface area (Å²) in [6.45, 7) is 0.273. The smallest absolute Gasteiger partial charge is 0.305 e. The van der Waals surface area contributed by atoms with Crippen LogP contribution in [0.1, 0.15) is 64.2 Å². The third-order valence-electron chi connectivity index (χ3n) is 4.54. The molecule has 134 valence electrons. The van der Waals surface area contributed by atoms with Crippen LogP contribution in [-0.4, -0.2) is 34.4 Å². The Labute approximate surface area is 140 Å². The van der Waals surface area contributed by atoms with E-state index in [-0.39, 0.29) is 18.0 Å². The molecule has 0 aromatic rings. The molecule has 5 nitrogen and oxygen atoms in total. The number of methoxy groups -OCH3 is 1. The second-order valence-corrected chi connectivity index (χ2v) is 8.12. The molecule has 1 saturated carbocycles. The number of esters is 1. The number of hydrogen-bond acceptors (Lipinski definition) is 5. The zero-order chi connectivity index (χ0) is 17.2. The predicted octanol–water partition coefficient (Wildman–Crippen LogP) is 3.59. The molecule has 0 heterocycles. The summed E-state index contributed by atoms with van der Waals surface area (Å²) in [4.78, 5) is 11.0. The second-order valence-electron chi connectivity index (χ2n) is 6.48. The van der Waals surface area contributed by atoms with Crippen molar-refractivity contribution in [1.29, 1.82) is 0 Å². The fourth-order valence-electron chi connectivity index (χ4n) is 3.19. The van der Waals surface area contributed by atoms with Crippen LogP contribution in [0.3, 0.4) is 0 Å². The first-order chi connectivity index (χ1) is 10.9. The quantitative estimate of drug-likeness (QED) is 0.262. The second kappa shape index (κ2) is 10.1. The van der Waals surface area contributed by atoms with Crippen molar-refractivity contribution in [1.82, 2.24) is 0 Å². The number of allylic oxidation sites excluding steroid dienone is 2. The van der Waals surface area contributed by atoms with E-state index in [0.717, 1.165) is 44.8 Å². The van der Waals surface area contributed by atoms with Crippen molar-refractivity contribution in [2.24, 2.45) is 5.41 Å². The van der Waals surface area contributed by atoms with Gasteiger partial charge >= 0.3 is 5.97 Å². The summed E-state index contributed by atoms with van der Waals surface area (Å²) in [7, 11) is -1.95. The SMILES string of the molecule is COC(=O)CCCC=CCC1(CCOS(C)(=O)=O)CCCCC1. The van der Waals surface area contributed by atoms with Crippen molar-refractivity contribution in [2.75, 3.05) is 20.0 Å². The zero-order valence-electron chi connectivity index (χ0n) is 14.4. The lowest BCUT2D eigenvalue weighted by atomic mass is 9.70. The van der Waals surface area contributed by atoms with Crippen LogP contribution in [0.2, 0.25) is 0 Å². The van der Waals surface area contributed by atoms with E-state index in [2.05, 4.69) is 16.9 Å². The first-order valence-corrected chi connectivity index (χ1v) is 10.2. The van der Waals surface area contributed by atoms with Gasteiger partial charge in [-0.05, 0) is 43.9 Å². The fourth-order valence-corrected chi connectivity index (χ4v) is 3.57. The Balaban J connectivity index is 2.39. The van der Waals surface area contributed by atoms with Crippen molar-refractivity contribution in [3.8, 4) is 0 Å². The summed E-state index contributed by atoms with van der Waals surface area (Å²) < 4.78 is 31.8. The molecule has 0 unspecified atom stereocenters. The minimum Gasteiger partial charge on any atom is -0.469 e. The molecule has 0 atom stereocenters. The van der Waals surface area contributed by atoms with Gasteiger partial charge in [0.1, 0.15) is 0 Å². The maximum Gasteiger partial charge on any atom is 0.305 e. The molecule has 0 aromatic heterocycles. The van der Waals surface area contributed by atoms with Gasteiger partial charge in [0.15, 0.2) is 0 Å². The topological polar surface area (TPSA) is 69.7 Å². The molecule has 1 rings (SSSR count). The molecule has 0 saturated heterocycles. The molecule has 0 radical (unpaired) electrons. The Bertz CT molecular complexity index is 475. The van der Waals surface area contributed by atoms with Crippen LogP contribution in [0.5, 0.6) is 0 Å². The van der Waals surface area contributed by atoms with Gasteiger partial charge in [0.25, 0.3) is 10.1 Å². The zero-order valence-corrected chi connectivity index (χ0v) is 15.2. The number of rotatable bonds is 10. The van der Waals surface area contributed by atoms with Crippen molar-refractivity contribution in [3.63, 3.8) is 0 Å². The number of carbonyl (C=O) groups is 1. The van der Waals surface area contributed by atoms with E-state index in [1.807, 2.05) is 0 Å². The summed E-state index contributed by atoms with van der Waals surface area (Å²) >= 11 is 0. The molecule has 0 bridgehead atoms. The van der Waals surface area contributed by atoms with Crippen molar-refractivity contribution in [2.45, 2.75) is 64.2 Å². The molecule has 1 aliphatic carbocycles. The number of hydrogen-bond donors (Lipinski definition) is 0. The first-order valence-electron chi connectivity index (χ1n) is 8.43. The molecule has 0 aliphatic heterocycles. The summed E-state index contributed by atoms with van der Waals surface area (Å²) in [5.74, 6) is -0.167.